The second-order valence-corrected chi connectivity index (χ2v) is 8.63. The standard InChI is InChI=1S/C28H33ClN4O4/c1-7-33(8-2)25-14-12-20(18(6)30-25)31-21-16-22(27(34)26(29)17(21)5)32-28(35)19-11-13-23(36-9-3)24(15-19)37-10-4/h11-16H,7-10H2,1-6H3,(H,32,35). The molecule has 0 unspecified atom stereocenters. The maximum absolute atomic E-state index is 13.0. The molecule has 0 atom stereocenters. The number of hydrogen-bond acceptors (Lipinski definition) is 7. The van der Waals surface area contributed by atoms with Gasteiger partial charge in [0.1, 0.15) is 5.82 Å². The van der Waals surface area contributed by atoms with Crippen molar-refractivity contribution in [3.8, 4) is 11.5 Å². The second kappa shape index (κ2) is 12.5. The number of carbonyl (C=O) groups is 2. The number of aromatic nitrogens is 1. The molecular weight excluding hydrogens is 492 g/mol. The van der Waals surface area contributed by atoms with Crippen molar-refractivity contribution in [1.29, 1.82) is 0 Å². The van der Waals surface area contributed by atoms with E-state index in [1.165, 1.54) is 6.08 Å². The van der Waals surface area contributed by atoms with E-state index in [1.807, 2.05) is 32.9 Å². The molecule has 196 valence electrons. The number of pyridine rings is 1. The Hall–Kier alpha value is -3.65. The number of ether oxygens (including phenoxy) is 2. The zero-order chi connectivity index (χ0) is 27.1. The van der Waals surface area contributed by atoms with Crippen molar-refractivity contribution in [2.24, 2.45) is 4.99 Å². The maximum Gasteiger partial charge on any atom is 0.255 e. The van der Waals surface area contributed by atoms with Gasteiger partial charge >= 0.3 is 0 Å². The lowest BCUT2D eigenvalue weighted by atomic mass is 10.0. The molecule has 1 aliphatic carbocycles. The summed E-state index contributed by atoms with van der Waals surface area (Å²) in [6, 6.07) is 8.68. The highest BCUT2D eigenvalue weighted by molar-refractivity contribution is 6.49. The number of aliphatic imine (C=N–C) groups is 1. The first-order valence-corrected chi connectivity index (χ1v) is 12.8. The zero-order valence-corrected chi connectivity index (χ0v) is 22.9. The number of anilines is 1. The summed E-state index contributed by atoms with van der Waals surface area (Å²) < 4.78 is 11.2. The monoisotopic (exact) mass is 524 g/mol. The Morgan fingerprint density at radius 2 is 1.70 bits per heavy atom. The van der Waals surface area contributed by atoms with Crippen LogP contribution < -0.4 is 19.7 Å². The zero-order valence-electron chi connectivity index (χ0n) is 22.1. The smallest absolute Gasteiger partial charge is 0.255 e. The highest BCUT2D eigenvalue weighted by atomic mass is 35.5. The predicted octanol–water partition coefficient (Wildman–Crippen LogP) is 5.52. The first kappa shape index (κ1) is 27.9. The third-order valence-electron chi connectivity index (χ3n) is 5.86. The van der Waals surface area contributed by atoms with E-state index in [4.69, 9.17) is 26.1 Å². The molecule has 1 aromatic carbocycles. The van der Waals surface area contributed by atoms with E-state index in [0.717, 1.165) is 24.6 Å². The van der Waals surface area contributed by atoms with Gasteiger partial charge in [0.15, 0.2) is 11.5 Å². The van der Waals surface area contributed by atoms with Crippen LogP contribution in [0.5, 0.6) is 11.5 Å². The summed E-state index contributed by atoms with van der Waals surface area (Å²) in [6.45, 7) is 14.1. The Kier molecular flexibility index (Phi) is 9.47. The number of carbonyl (C=O) groups excluding carboxylic acids is 2. The number of Topliss-reactive ketones (excluding diaryl/α,β-unsaturated/α-hetero) is 1. The van der Waals surface area contributed by atoms with Gasteiger partial charge in [0.05, 0.1) is 41.0 Å². The van der Waals surface area contributed by atoms with Crippen molar-refractivity contribution in [1.82, 2.24) is 10.3 Å². The van der Waals surface area contributed by atoms with Gasteiger partial charge in [-0.15, -0.1) is 0 Å². The summed E-state index contributed by atoms with van der Waals surface area (Å²) >= 11 is 6.37. The molecule has 1 aliphatic rings. The van der Waals surface area contributed by atoms with E-state index < -0.39 is 11.7 Å². The number of nitrogens with zero attached hydrogens (tertiary/aromatic N) is 3. The van der Waals surface area contributed by atoms with Gasteiger partial charge in [0.25, 0.3) is 5.91 Å². The average Bonchev–Trinajstić information content (AvgIpc) is 2.88. The summed E-state index contributed by atoms with van der Waals surface area (Å²) in [4.78, 5) is 37.5. The second-order valence-electron chi connectivity index (χ2n) is 8.25. The van der Waals surface area contributed by atoms with E-state index in [1.54, 1.807) is 25.1 Å². The van der Waals surface area contributed by atoms with Crippen LogP contribution in [0.4, 0.5) is 11.5 Å². The van der Waals surface area contributed by atoms with Crippen LogP contribution in [0, 0.1) is 6.92 Å². The normalized spacial score (nSPS) is 14.5. The quantitative estimate of drug-likeness (QED) is 0.412. The van der Waals surface area contributed by atoms with E-state index in [2.05, 4.69) is 29.0 Å². The number of rotatable bonds is 10. The van der Waals surface area contributed by atoms with Gasteiger partial charge in [0, 0.05) is 18.7 Å². The minimum absolute atomic E-state index is 0.00335. The van der Waals surface area contributed by atoms with Crippen LogP contribution in [-0.4, -0.2) is 48.7 Å². The number of ketones is 1. The predicted molar refractivity (Wildman–Crippen MR) is 148 cm³/mol. The molecule has 1 heterocycles. The molecule has 0 saturated heterocycles. The molecule has 0 spiro atoms. The third-order valence-corrected chi connectivity index (χ3v) is 6.32. The van der Waals surface area contributed by atoms with Gasteiger partial charge in [-0.3, -0.25) is 9.59 Å². The SMILES string of the molecule is CCOc1ccc(C(=O)NC2=CC(=Nc3ccc(N(CC)CC)nc3C)C(C)=C(Cl)C2=O)cc1OCC. The number of aryl methyl sites for hydroxylation is 1. The van der Waals surface area contributed by atoms with Gasteiger partial charge in [-0.05, 0) is 83.5 Å². The number of allylic oxidation sites excluding steroid dienone is 3. The van der Waals surface area contributed by atoms with E-state index >= 15 is 0 Å². The molecule has 0 fully saturated rings. The fraction of sp³-hybridized carbons (Fsp3) is 0.357. The van der Waals surface area contributed by atoms with Gasteiger partial charge in [0.2, 0.25) is 5.78 Å². The average molecular weight is 525 g/mol. The van der Waals surface area contributed by atoms with Crippen LogP contribution in [0.3, 0.4) is 0 Å². The maximum atomic E-state index is 13.0. The summed E-state index contributed by atoms with van der Waals surface area (Å²) in [5, 5.41) is 2.68. The summed E-state index contributed by atoms with van der Waals surface area (Å²) in [7, 11) is 0. The Bertz CT molecular complexity index is 1280. The summed E-state index contributed by atoms with van der Waals surface area (Å²) in [5.74, 6) is 0.914. The number of hydrogen-bond donors (Lipinski definition) is 1. The van der Waals surface area contributed by atoms with Crippen LogP contribution in [0.15, 0.2) is 57.7 Å². The minimum Gasteiger partial charge on any atom is -0.490 e. The van der Waals surface area contributed by atoms with Crippen LogP contribution >= 0.6 is 11.6 Å². The molecule has 9 heteroatoms. The molecule has 1 aromatic heterocycles. The van der Waals surface area contributed by atoms with Gasteiger partial charge in [-0.2, -0.15) is 0 Å². The molecule has 1 N–H and O–H groups in total. The topological polar surface area (TPSA) is 93.1 Å². The molecule has 0 saturated carbocycles. The van der Waals surface area contributed by atoms with Crippen LogP contribution in [0.2, 0.25) is 0 Å². The fourth-order valence-corrected chi connectivity index (χ4v) is 4.02. The fourth-order valence-electron chi connectivity index (χ4n) is 3.82. The van der Waals surface area contributed by atoms with Crippen LogP contribution in [-0.2, 0) is 4.79 Å². The highest BCUT2D eigenvalue weighted by Gasteiger charge is 2.26. The van der Waals surface area contributed by atoms with Gasteiger partial charge in [-0.1, -0.05) is 11.6 Å². The first-order chi connectivity index (χ1) is 17.7. The molecule has 8 nitrogen and oxygen atoms in total. The highest BCUT2D eigenvalue weighted by Crippen LogP contribution is 2.30. The Morgan fingerprint density at radius 3 is 2.32 bits per heavy atom. The third kappa shape index (κ3) is 6.38. The summed E-state index contributed by atoms with van der Waals surface area (Å²) in [5.41, 5.74) is 2.75. The van der Waals surface area contributed by atoms with Crippen molar-refractivity contribution in [2.45, 2.75) is 41.5 Å². The molecular formula is C28H33ClN4O4. The van der Waals surface area contributed by atoms with E-state index in [-0.39, 0.29) is 10.7 Å². The molecule has 37 heavy (non-hydrogen) atoms. The lowest BCUT2D eigenvalue weighted by Crippen LogP contribution is -2.31. The van der Waals surface area contributed by atoms with Gasteiger partial charge < -0.3 is 19.7 Å². The van der Waals surface area contributed by atoms with Crippen molar-refractivity contribution in [3.05, 3.63) is 64.0 Å². The van der Waals surface area contributed by atoms with Crippen LogP contribution in [0.1, 0.15) is 50.7 Å². The molecule has 0 radical (unpaired) electrons. The number of benzene rings is 1. The van der Waals surface area contributed by atoms with E-state index in [0.29, 0.717) is 47.2 Å². The first-order valence-electron chi connectivity index (χ1n) is 12.4. The van der Waals surface area contributed by atoms with Crippen molar-refractivity contribution in [2.75, 3.05) is 31.2 Å². The lowest BCUT2D eigenvalue weighted by molar-refractivity contribution is -0.112. The number of halogens is 1. The molecule has 2 aromatic rings. The van der Waals surface area contributed by atoms with Crippen molar-refractivity contribution >= 4 is 40.5 Å². The Morgan fingerprint density at radius 1 is 1.03 bits per heavy atom. The molecule has 0 aliphatic heterocycles. The molecule has 0 bridgehead atoms. The van der Waals surface area contributed by atoms with Gasteiger partial charge in [-0.25, -0.2) is 9.98 Å². The summed E-state index contributed by atoms with van der Waals surface area (Å²) in [6.07, 6.45) is 1.54. The number of amides is 1. The van der Waals surface area contributed by atoms with Crippen molar-refractivity contribution < 1.29 is 19.1 Å². The minimum atomic E-state index is -0.478. The molecule has 3 rings (SSSR count). The number of nitrogens with one attached hydrogen (secondary N) is 1. The van der Waals surface area contributed by atoms with E-state index in [9.17, 15) is 9.59 Å². The van der Waals surface area contributed by atoms with Crippen LogP contribution in [0.25, 0.3) is 0 Å². The Labute approximate surface area is 223 Å². The Balaban J connectivity index is 1.92. The lowest BCUT2D eigenvalue weighted by Gasteiger charge is -2.20. The largest absolute Gasteiger partial charge is 0.490 e. The van der Waals surface area contributed by atoms with Crippen molar-refractivity contribution in [3.63, 3.8) is 0 Å². The molecule has 1 amide bonds.